The molecule has 3 aliphatic rings. The van der Waals surface area contributed by atoms with Gasteiger partial charge in [0.2, 0.25) is 0 Å². The summed E-state index contributed by atoms with van der Waals surface area (Å²) in [4.78, 5) is 11.8. The Kier molecular flexibility index (Phi) is 2.45. The topological polar surface area (TPSA) is 17.1 Å². The molecule has 3 aliphatic carbocycles. The number of carbonyl (C=O) groups excluding carboxylic acids is 1. The van der Waals surface area contributed by atoms with E-state index in [1.807, 2.05) is 0 Å². The molecule has 0 N–H and O–H groups in total. The van der Waals surface area contributed by atoms with Crippen molar-refractivity contribution < 1.29 is 4.79 Å². The van der Waals surface area contributed by atoms with Crippen LogP contribution in [0.3, 0.4) is 0 Å². The lowest BCUT2D eigenvalue weighted by molar-refractivity contribution is -0.208. The molecular weight excluding hydrogens is 172 g/mol. The quantitative estimate of drug-likeness (QED) is 0.630. The van der Waals surface area contributed by atoms with Crippen LogP contribution in [0.25, 0.3) is 0 Å². The van der Waals surface area contributed by atoms with Gasteiger partial charge in [-0.25, -0.2) is 0 Å². The lowest BCUT2D eigenvalue weighted by atomic mass is 9.33. The highest BCUT2D eigenvalue weighted by Crippen LogP contribution is 2.75. The molecule has 0 saturated heterocycles. The molecule has 0 amide bonds. The molecule has 0 aliphatic heterocycles. The first-order valence-electron chi connectivity index (χ1n) is 6.20. The van der Waals surface area contributed by atoms with Crippen molar-refractivity contribution in [2.24, 2.45) is 10.8 Å². The zero-order chi connectivity index (χ0) is 10.2. The van der Waals surface area contributed by atoms with E-state index in [2.05, 4.69) is 13.8 Å². The maximum absolute atomic E-state index is 11.8. The summed E-state index contributed by atoms with van der Waals surface area (Å²) in [6, 6.07) is 0. The normalized spacial score (nSPS) is 38.7. The minimum Gasteiger partial charge on any atom is -0.299 e. The van der Waals surface area contributed by atoms with Gasteiger partial charge in [-0.3, -0.25) is 4.79 Å². The van der Waals surface area contributed by atoms with Gasteiger partial charge in [0.05, 0.1) is 0 Å². The smallest absolute Gasteiger partial charge is 0.139 e. The molecule has 0 aromatic rings. The zero-order valence-corrected chi connectivity index (χ0v) is 9.57. The van der Waals surface area contributed by atoms with Crippen LogP contribution in [-0.2, 0) is 4.79 Å². The Hall–Kier alpha value is -0.330. The fourth-order valence-corrected chi connectivity index (χ4v) is 3.60. The molecule has 0 atom stereocenters. The minimum atomic E-state index is 0.198. The second-order valence-electron chi connectivity index (χ2n) is 5.59. The maximum Gasteiger partial charge on any atom is 0.139 e. The highest BCUT2D eigenvalue weighted by molar-refractivity contribution is 5.88. The number of ketones is 1. The van der Waals surface area contributed by atoms with E-state index in [0.717, 1.165) is 12.8 Å². The van der Waals surface area contributed by atoms with Crippen molar-refractivity contribution in [3.05, 3.63) is 0 Å². The Balaban J connectivity index is 1.79. The predicted molar refractivity (Wildman–Crippen MR) is 58.2 cm³/mol. The molecule has 0 aromatic carbocycles. The van der Waals surface area contributed by atoms with Crippen LogP contribution in [0.4, 0.5) is 0 Å². The van der Waals surface area contributed by atoms with Crippen molar-refractivity contribution in [3.63, 3.8) is 0 Å². The summed E-state index contributed by atoms with van der Waals surface area (Å²) < 4.78 is 0. The summed E-state index contributed by atoms with van der Waals surface area (Å²) >= 11 is 0. The van der Waals surface area contributed by atoms with E-state index < -0.39 is 0 Å². The van der Waals surface area contributed by atoms with Gasteiger partial charge < -0.3 is 0 Å². The molecule has 1 nitrogen and oxygen atoms in total. The minimum absolute atomic E-state index is 0.198. The fraction of sp³-hybridized carbons (Fsp3) is 0.923. The summed E-state index contributed by atoms with van der Waals surface area (Å²) in [6.45, 7) is 4.36. The van der Waals surface area contributed by atoms with E-state index in [1.165, 1.54) is 38.5 Å². The van der Waals surface area contributed by atoms with Crippen LogP contribution in [0.15, 0.2) is 0 Å². The average Bonchev–Trinajstić information content (AvgIpc) is 2.00. The van der Waals surface area contributed by atoms with Crippen molar-refractivity contribution in [2.75, 3.05) is 0 Å². The largest absolute Gasteiger partial charge is 0.299 e. The summed E-state index contributed by atoms with van der Waals surface area (Å²) in [6.07, 6.45) is 9.60. The molecule has 0 radical (unpaired) electrons. The van der Waals surface area contributed by atoms with Gasteiger partial charge in [0.1, 0.15) is 5.78 Å². The van der Waals surface area contributed by atoms with Crippen LogP contribution in [0.1, 0.15) is 65.2 Å². The summed E-state index contributed by atoms with van der Waals surface area (Å²) in [5.74, 6) is 0.568. The summed E-state index contributed by atoms with van der Waals surface area (Å²) in [7, 11) is 0. The third-order valence-electron chi connectivity index (χ3n) is 4.27. The van der Waals surface area contributed by atoms with Crippen LogP contribution in [0.5, 0.6) is 0 Å². The third kappa shape index (κ3) is 1.32. The van der Waals surface area contributed by atoms with Gasteiger partial charge in [0.15, 0.2) is 0 Å². The van der Waals surface area contributed by atoms with E-state index in [0.29, 0.717) is 11.2 Å². The number of hydrogen-bond donors (Lipinski definition) is 0. The van der Waals surface area contributed by atoms with Crippen molar-refractivity contribution in [2.45, 2.75) is 65.2 Å². The monoisotopic (exact) mass is 194 g/mol. The van der Waals surface area contributed by atoms with Gasteiger partial charge in [-0.05, 0) is 37.5 Å². The molecule has 3 rings (SSSR count). The number of unbranched alkanes of at least 4 members (excludes halogenated alkanes) is 1. The second kappa shape index (κ2) is 3.36. The molecule has 0 unspecified atom stereocenters. The highest BCUT2D eigenvalue weighted by atomic mass is 16.1. The van der Waals surface area contributed by atoms with E-state index >= 15 is 0 Å². The van der Waals surface area contributed by atoms with E-state index in [9.17, 15) is 4.79 Å². The lowest BCUT2D eigenvalue weighted by Gasteiger charge is -2.70. The van der Waals surface area contributed by atoms with E-state index in [-0.39, 0.29) is 5.41 Å². The Morgan fingerprint density at radius 2 is 1.79 bits per heavy atom. The first kappa shape index (κ1) is 10.2. The third-order valence-corrected chi connectivity index (χ3v) is 4.27. The second-order valence-corrected chi connectivity index (χ2v) is 5.59. The molecule has 0 aromatic heterocycles. The van der Waals surface area contributed by atoms with Crippen molar-refractivity contribution >= 4 is 5.78 Å². The molecule has 80 valence electrons. The first-order valence-corrected chi connectivity index (χ1v) is 6.20. The number of hydrogen-bond acceptors (Lipinski definition) is 1. The molecule has 1 heteroatoms. The fourth-order valence-electron chi connectivity index (χ4n) is 3.60. The van der Waals surface area contributed by atoms with Crippen molar-refractivity contribution in [1.29, 1.82) is 0 Å². The SMILES string of the molecule is CCCCC12CC(C(=O)CCC)(C1)C2. The van der Waals surface area contributed by atoms with Crippen LogP contribution in [0.2, 0.25) is 0 Å². The zero-order valence-electron chi connectivity index (χ0n) is 9.57. The first-order chi connectivity index (χ1) is 6.66. The molecule has 3 fully saturated rings. The maximum atomic E-state index is 11.8. The van der Waals surface area contributed by atoms with Crippen molar-refractivity contribution in [1.82, 2.24) is 0 Å². The molecule has 0 heterocycles. The van der Waals surface area contributed by atoms with Crippen LogP contribution in [-0.4, -0.2) is 5.78 Å². The molecular formula is C13H22O. The van der Waals surface area contributed by atoms with Gasteiger partial charge in [0.25, 0.3) is 0 Å². The number of carbonyl (C=O) groups is 1. The van der Waals surface area contributed by atoms with Gasteiger partial charge in [-0.15, -0.1) is 0 Å². The van der Waals surface area contributed by atoms with E-state index in [1.54, 1.807) is 0 Å². The van der Waals surface area contributed by atoms with Gasteiger partial charge in [-0.2, -0.15) is 0 Å². The Morgan fingerprint density at radius 1 is 1.14 bits per heavy atom. The Morgan fingerprint density at radius 3 is 2.29 bits per heavy atom. The summed E-state index contributed by atoms with van der Waals surface area (Å²) in [5, 5.41) is 0. The molecule has 2 bridgehead atoms. The number of Topliss-reactive ketones (excluding diaryl/α,β-unsaturated/α-hetero) is 1. The van der Waals surface area contributed by atoms with Gasteiger partial charge in [-0.1, -0.05) is 26.7 Å². The van der Waals surface area contributed by atoms with Crippen LogP contribution < -0.4 is 0 Å². The predicted octanol–water partition coefficient (Wildman–Crippen LogP) is 3.72. The highest BCUT2D eigenvalue weighted by Gasteiger charge is 2.69. The summed E-state index contributed by atoms with van der Waals surface area (Å²) in [5.41, 5.74) is 0.836. The Labute approximate surface area is 87.3 Å². The average molecular weight is 194 g/mol. The lowest BCUT2D eigenvalue weighted by Crippen LogP contribution is -2.65. The van der Waals surface area contributed by atoms with Crippen molar-refractivity contribution in [3.8, 4) is 0 Å². The molecule has 3 saturated carbocycles. The van der Waals surface area contributed by atoms with Gasteiger partial charge >= 0.3 is 0 Å². The van der Waals surface area contributed by atoms with E-state index in [4.69, 9.17) is 0 Å². The standard InChI is InChI=1S/C13H22O/c1-3-5-7-12-8-13(9-12,10-12)11(14)6-4-2/h3-10H2,1-2H3. The number of rotatable bonds is 6. The Bertz CT molecular complexity index is 222. The van der Waals surface area contributed by atoms with Gasteiger partial charge in [0, 0.05) is 11.8 Å². The van der Waals surface area contributed by atoms with Crippen LogP contribution in [0, 0.1) is 10.8 Å². The van der Waals surface area contributed by atoms with Crippen LogP contribution >= 0.6 is 0 Å². The molecule has 14 heavy (non-hydrogen) atoms. The molecule has 0 spiro atoms.